The van der Waals surface area contributed by atoms with E-state index in [1.54, 1.807) is 0 Å². The van der Waals surface area contributed by atoms with Gasteiger partial charge >= 0.3 is 0 Å². The zero-order valence-corrected chi connectivity index (χ0v) is 12.6. The highest BCUT2D eigenvalue weighted by atomic mass is 79.9. The highest BCUT2D eigenvalue weighted by Crippen LogP contribution is 2.28. The van der Waals surface area contributed by atoms with E-state index in [-0.39, 0.29) is 0 Å². The number of aryl methyl sites for hydroxylation is 1. The fourth-order valence-corrected chi connectivity index (χ4v) is 2.81. The zero-order chi connectivity index (χ0) is 12.3. The topological polar surface area (TPSA) is 9.23 Å². The molecular weight excluding hydrogens is 344 g/mol. The molecule has 0 unspecified atom stereocenters. The maximum atomic E-state index is 5.77. The lowest BCUT2D eigenvalue weighted by molar-refractivity contribution is 0.482. The molecule has 1 nitrogen and oxygen atoms in total. The van der Waals surface area contributed by atoms with Gasteiger partial charge in [-0.1, -0.05) is 55.6 Å². The van der Waals surface area contributed by atoms with Gasteiger partial charge in [0.15, 0.2) is 0 Å². The molecule has 0 aliphatic carbocycles. The molecule has 0 N–H and O–H groups in total. The first-order chi connectivity index (χ1) is 8.19. The molecule has 0 saturated heterocycles. The van der Waals surface area contributed by atoms with Crippen LogP contribution in [-0.2, 0) is 5.33 Å². The molecule has 0 heterocycles. The molecule has 3 heteroatoms. The summed E-state index contributed by atoms with van der Waals surface area (Å²) in [7, 11) is 0. The van der Waals surface area contributed by atoms with Gasteiger partial charge in [0, 0.05) is 9.80 Å². The van der Waals surface area contributed by atoms with Gasteiger partial charge in [0.2, 0.25) is 0 Å². The maximum Gasteiger partial charge on any atom is 0.128 e. The molecule has 0 fully saturated rings. The Morgan fingerprint density at radius 2 is 1.65 bits per heavy atom. The quantitative estimate of drug-likeness (QED) is 0.665. The van der Waals surface area contributed by atoms with E-state index in [9.17, 15) is 0 Å². The zero-order valence-electron chi connectivity index (χ0n) is 9.41. The number of alkyl halides is 1. The Kier molecular flexibility index (Phi) is 4.24. The molecule has 2 rings (SSSR count). The first-order valence-corrected chi connectivity index (χ1v) is 7.19. The highest BCUT2D eigenvalue weighted by molar-refractivity contribution is 9.10. The fraction of sp³-hybridized carbons (Fsp3) is 0.143. The van der Waals surface area contributed by atoms with Gasteiger partial charge in [-0.2, -0.15) is 0 Å². The predicted octanol–water partition coefficient (Wildman–Crippen LogP) is 5.44. The van der Waals surface area contributed by atoms with Crippen LogP contribution >= 0.6 is 31.9 Å². The summed E-state index contributed by atoms with van der Waals surface area (Å²) < 4.78 is 6.82. The van der Waals surface area contributed by atoms with Crippen LogP contribution < -0.4 is 4.74 Å². The molecule has 0 spiro atoms. The van der Waals surface area contributed by atoms with Gasteiger partial charge in [0.1, 0.15) is 11.5 Å². The minimum atomic E-state index is 0.832. The van der Waals surface area contributed by atoms with Gasteiger partial charge < -0.3 is 4.74 Å². The second-order valence-electron chi connectivity index (χ2n) is 3.80. The Labute approximate surface area is 118 Å². The SMILES string of the molecule is Cc1ccc(Oc2ccc(CBr)c(Br)c2)cc1. The Bertz CT molecular complexity index is 506. The monoisotopic (exact) mass is 354 g/mol. The second kappa shape index (κ2) is 5.69. The molecule has 2 aromatic carbocycles. The molecule has 0 radical (unpaired) electrons. The van der Waals surface area contributed by atoms with Crippen molar-refractivity contribution in [2.75, 3.05) is 0 Å². The molecule has 0 saturated carbocycles. The van der Waals surface area contributed by atoms with Crippen molar-refractivity contribution in [3.63, 3.8) is 0 Å². The molecule has 88 valence electrons. The summed E-state index contributed by atoms with van der Waals surface area (Å²) in [5.41, 5.74) is 2.44. The van der Waals surface area contributed by atoms with Crippen LogP contribution in [0.1, 0.15) is 11.1 Å². The molecule has 2 aromatic rings. The van der Waals surface area contributed by atoms with E-state index >= 15 is 0 Å². The number of hydrogen-bond acceptors (Lipinski definition) is 1. The number of hydrogen-bond donors (Lipinski definition) is 0. The van der Waals surface area contributed by atoms with Gasteiger partial charge in [-0.3, -0.25) is 0 Å². The first-order valence-electron chi connectivity index (χ1n) is 5.28. The number of halogens is 2. The van der Waals surface area contributed by atoms with Gasteiger partial charge in [-0.05, 0) is 36.8 Å². The molecule has 0 atom stereocenters. The Morgan fingerprint density at radius 3 is 2.24 bits per heavy atom. The highest BCUT2D eigenvalue weighted by Gasteiger charge is 2.02. The molecule has 17 heavy (non-hydrogen) atoms. The minimum absolute atomic E-state index is 0.832. The Balaban J connectivity index is 2.19. The Morgan fingerprint density at radius 1 is 1.00 bits per heavy atom. The fourth-order valence-electron chi connectivity index (χ4n) is 1.44. The Hall–Kier alpha value is -0.800. The van der Waals surface area contributed by atoms with Crippen LogP contribution in [0.3, 0.4) is 0 Å². The lowest BCUT2D eigenvalue weighted by Crippen LogP contribution is -1.86. The van der Waals surface area contributed by atoms with Crippen molar-refractivity contribution < 1.29 is 4.74 Å². The van der Waals surface area contributed by atoms with Crippen LogP contribution in [-0.4, -0.2) is 0 Å². The van der Waals surface area contributed by atoms with Crippen molar-refractivity contribution >= 4 is 31.9 Å². The summed E-state index contributed by atoms with van der Waals surface area (Å²) in [5, 5.41) is 0.832. The van der Waals surface area contributed by atoms with Gasteiger partial charge in [0.25, 0.3) is 0 Å². The van der Waals surface area contributed by atoms with E-state index in [1.807, 2.05) is 42.5 Å². The molecular formula is C14H12Br2O. The summed E-state index contributed by atoms with van der Waals surface area (Å²) in [5.74, 6) is 1.69. The summed E-state index contributed by atoms with van der Waals surface area (Å²) >= 11 is 6.96. The minimum Gasteiger partial charge on any atom is -0.457 e. The second-order valence-corrected chi connectivity index (χ2v) is 5.22. The molecule has 0 aliphatic rings. The number of rotatable bonds is 3. The van der Waals surface area contributed by atoms with E-state index in [2.05, 4.69) is 38.8 Å². The van der Waals surface area contributed by atoms with Crippen LogP contribution in [0.25, 0.3) is 0 Å². The third-order valence-corrected chi connectivity index (χ3v) is 3.77. The average Bonchev–Trinajstić information content (AvgIpc) is 2.32. The van der Waals surface area contributed by atoms with Gasteiger partial charge in [0.05, 0.1) is 0 Å². The van der Waals surface area contributed by atoms with Crippen LogP contribution in [0.4, 0.5) is 0 Å². The van der Waals surface area contributed by atoms with E-state index < -0.39 is 0 Å². The number of ether oxygens (including phenoxy) is 1. The van der Waals surface area contributed by atoms with Crippen LogP contribution in [0.5, 0.6) is 11.5 Å². The van der Waals surface area contributed by atoms with Gasteiger partial charge in [-0.25, -0.2) is 0 Å². The van der Waals surface area contributed by atoms with E-state index in [0.717, 1.165) is 21.3 Å². The van der Waals surface area contributed by atoms with Crippen LogP contribution in [0, 0.1) is 6.92 Å². The van der Waals surface area contributed by atoms with Crippen molar-refractivity contribution in [2.45, 2.75) is 12.3 Å². The summed E-state index contributed by atoms with van der Waals surface area (Å²) in [6.45, 7) is 2.06. The molecule has 0 amide bonds. The number of benzene rings is 2. The standard InChI is InChI=1S/C14H12Br2O/c1-10-2-5-12(6-3-10)17-13-7-4-11(9-15)14(16)8-13/h2-8H,9H2,1H3. The summed E-state index contributed by atoms with van der Waals surface area (Å²) in [4.78, 5) is 0. The van der Waals surface area contributed by atoms with Crippen molar-refractivity contribution in [2.24, 2.45) is 0 Å². The summed E-state index contributed by atoms with van der Waals surface area (Å²) in [6, 6.07) is 14.0. The molecule has 0 aliphatic heterocycles. The third kappa shape index (κ3) is 3.33. The van der Waals surface area contributed by atoms with Crippen molar-refractivity contribution in [3.05, 3.63) is 58.1 Å². The average molecular weight is 356 g/mol. The van der Waals surface area contributed by atoms with Crippen molar-refractivity contribution in [3.8, 4) is 11.5 Å². The van der Waals surface area contributed by atoms with E-state index in [4.69, 9.17) is 4.74 Å². The molecule has 0 aromatic heterocycles. The lowest BCUT2D eigenvalue weighted by Gasteiger charge is -2.08. The smallest absolute Gasteiger partial charge is 0.128 e. The van der Waals surface area contributed by atoms with E-state index in [1.165, 1.54) is 11.1 Å². The summed E-state index contributed by atoms with van der Waals surface area (Å²) in [6.07, 6.45) is 0. The largest absolute Gasteiger partial charge is 0.457 e. The van der Waals surface area contributed by atoms with Crippen molar-refractivity contribution in [1.29, 1.82) is 0 Å². The normalized spacial score (nSPS) is 10.3. The van der Waals surface area contributed by atoms with Gasteiger partial charge in [-0.15, -0.1) is 0 Å². The lowest BCUT2D eigenvalue weighted by atomic mass is 10.2. The predicted molar refractivity (Wildman–Crippen MR) is 78.0 cm³/mol. The van der Waals surface area contributed by atoms with E-state index in [0.29, 0.717) is 0 Å². The third-order valence-electron chi connectivity index (χ3n) is 2.43. The maximum absolute atomic E-state index is 5.77. The van der Waals surface area contributed by atoms with Crippen LogP contribution in [0.15, 0.2) is 46.9 Å². The van der Waals surface area contributed by atoms with Crippen LogP contribution in [0.2, 0.25) is 0 Å². The molecule has 0 bridgehead atoms. The first kappa shape index (κ1) is 12.7. The van der Waals surface area contributed by atoms with Crippen molar-refractivity contribution in [1.82, 2.24) is 0 Å².